The van der Waals surface area contributed by atoms with Crippen molar-refractivity contribution in [2.24, 2.45) is 0 Å². The quantitative estimate of drug-likeness (QED) is 0.769. The molecular formula is C22H26N2O4. The summed E-state index contributed by atoms with van der Waals surface area (Å²) >= 11 is 0. The molecule has 1 aliphatic heterocycles. The molecule has 0 spiro atoms. The SMILES string of the molecule is COc1ccc(CC(=O)N2CCN(C(=O)COc3ccccc3C)CC2)cc1. The molecule has 0 N–H and O–H groups in total. The molecule has 0 aliphatic carbocycles. The highest BCUT2D eigenvalue weighted by molar-refractivity contribution is 5.80. The molecular weight excluding hydrogens is 356 g/mol. The van der Waals surface area contributed by atoms with Gasteiger partial charge in [0.25, 0.3) is 5.91 Å². The van der Waals surface area contributed by atoms with Crippen molar-refractivity contribution >= 4 is 11.8 Å². The number of carbonyl (C=O) groups excluding carboxylic acids is 2. The minimum Gasteiger partial charge on any atom is -0.497 e. The molecule has 2 aromatic rings. The van der Waals surface area contributed by atoms with Crippen LogP contribution in [0, 0.1) is 6.92 Å². The Morgan fingerprint density at radius 3 is 2.11 bits per heavy atom. The topological polar surface area (TPSA) is 59.1 Å². The van der Waals surface area contributed by atoms with E-state index in [0.717, 1.165) is 22.6 Å². The lowest BCUT2D eigenvalue weighted by Gasteiger charge is -2.34. The van der Waals surface area contributed by atoms with Crippen LogP contribution >= 0.6 is 0 Å². The second-order valence-electron chi connectivity index (χ2n) is 6.84. The number of para-hydroxylation sites is 1. The number of amides is 2. The van der Waals surface area contributed by atoms with Crippen LogP contribution in [0.2, 0.25) is 0 Å². The van der Waals surface area contributed by atoms with Crippen molar-refractivity contribution in [3.05, 3.63) is 59.7 Å². The summed E-state index contributed by atoms with van der Waals surface area (Å²) in [7, 11) is 1.62. The molecule has 2 aromatic carbocycles. The summed E-state index contributed by atoms with van der Waals surface area (Å²) in [5, 5.41) is 0. The number of benzene rings is 2. The van der Waals surface area contributed by atoms with Gasteiger partial charge in [-0.25, -0.2) is 0 Å². The van der Waals surface area contributed by atoms with E-state index in [1.54, 1.807) is 12.0 Å². The highest BCUT2D eigenvalue weighted by Crippen LogP contribution is 2.16. The summed E-state index contributed by atoms with van der Waals surface area (Å²) in [5.74, 6) is 1.53. The number of hydrogen-bond acceptors (Lipinski definition) is 4. The van der Waals surface area contributed by atoms with Crippen LogP contribution in [0.4, 0.5) is 0 Å². The van der Waals surface area contributed by atoms with Crippen LogP contribution in [0.15, 0.2) is 48.5 Å². The summed E-state index contributed by atoms with van der Waals surface area (Å²) in [6, 6.07) is 15.2. The number of ether oxygens (including phenoxy) is 2. The van der Waals surface area contributed by atoms with Crippen molar-refractivity contribution < 1.29 is 19.1 Å². The maximum absolute atomic E-state index is 12.5. The Balaban J connectivity index is 1.44. The predicted octanol–water partition coefficient (Wildman–Crippen LogP) is 2.30. The van der Waals surface area contributed by atoms with Crippen LogP contribution in [0.1, 0.15) is 11.1 Å². The average molecular weight is 382 g/mol. The Hall–Kier alpha value is -3.02. The predicted molar refractivity (Wildman–Crippen MR) is 107 cm³/mol. The van der Waals surface area contributed by atoms with Crippen molar-refractivity contribution in [1.82, 2.24) is 9.80 Å². The second kappa shape index (κ2) is 9.26. The Bertz CT molecular complexity index is 812. The molecule has 6 heteroatoms. The van der Waals surface area contributed by atoms with Gasteiger partial charge in [0.15, 0.2) is 6.61 Å². The number of methoxy groups -OCH3 is 1. The molecule has 6 nitrogen and oxygen atoms in total. The number of aryl methyl sites for hydroxylation is 1. The summed E-state index contributed by atoms with van der Waals surface area (Å²) in [6.45, 7) is 4.13. The van der Waals surface area contributed by atoms with E-state index in [9.17, 15) is 9.59 Å². The van der Waals surface area contributed by atoms with Gasteiger partial charge in [-0.15, -0.1) is 0 Å². The maximum Gasteiger partial charge on any atom is 0.260 e. The van der Waals surface area contributed by atoms with Crippen LogP contribution in [-0.2, 0) is 16.0 Å². The number of nitrogens with zero attached hydrogens (tertiary/aromatic N) is 2. The van der Waals surface area contributed by atoms with Gasteiger partial charge in [-0.1, -0.05) is 30.3 Å². The number of piperazine rings is 1. The first-order chi connectivity index (χ1) is 13.6. The van der Waals surface area contributed by atoms with E-state index < -0.39 is 0 Å². The fraction of sp³-hybridized carbons (Fsp3) is 0.364. The summed E-state index contributed by atoms with van der Waals surface area (Å²) in [6.07, 6.45) is 0.355. The summed E-state index contributed by atoms with van der Waals surface area (Å²) in [5.41, 5.74) is 1.96. The van der Waals surface area contributed by atoms with Crippen molar-refractivity contribution in [1.29, 1.82) is 0 Å². The van der Waals surface area contributed by atoms with Gasteiger partial charge in [-0.2, -0.15) is 0 Å². The van der Waals surface area contributed by atoms with E-state index >= 15 is 0 Å². The molecule has 1 heterocycles. The second-order valence-corrected chi connectivity index (χ2v) is 6.84. The highest BCUT2D eigenvalue weighted by atomic mass is 16.5. The molecule has 28 heavy (non-hydrogen) atoms. The minimum absolute atomic E-state index is 0.0185. The zero-order chi connectivity index (χ0) is 19.9. The van der Waals surface area contributed by atoms with E-state index in [4.69, 9.17) is 9.47 Å². The van der Waals surface area contributed by atoms with E-state index in [0.29, 0.717) is 32.6 Å². The zero-order valence-electron chi connectivity index (χ0n) is 16.4. The molecule has 148 valence electrons. The monoisotopic (exact) mass is 382 g/mol. The standard InChI is InChI=1S/C22H26N2O4/c1-17-5-3-4-6-20(17)28-16-22(26)24-13-11-23(12-14-24)21(25)15-18-7-9-19(27-2)10-8-18/h3-10H,11-16H2,1-2H3. The van der Waals surface area contributed by atoms with Gasteiger partial charge in [0.1, 0.15) is 11.5 Å². The minimum atomic E-state index is -0.0505. The largest absolute Gasteiger partial charge is 0.497 e. The van der Waals surface area contributed by atoms with Gasteiger partial charge < -0.3 is 19.3 Å². The van der Waals surface area contributed by atoms with Crippen molar-refractivity contribution in [2.75, 3.05) is 39.9 Å². The lowest BCUT2D eigenvalue weighted by Crippen LogP contribution is -2.52. The maximum atomic E-state index is 12.5. The number of carbonyl (C=O) groups is 2. The number of rotatable bonds is 6. The van der Waals surface area contributed by atoms with Gasteiger partial charge in [0.2, 0.25) is 5.91 Å². The van der Waals surface area contributed by atoms with Crippen LogP contribution < -0.4 is 9.47 Å². The van der Waals surface area contributed by atoms with Gasteiger partial charge in [-0.3, -0.25) is 9.59 Å². The molecule has 0 saturated carbocycles. The normalized spacial score (nSPS) is 13.9. The molecule has 0 unspecified atom stereocenters. The summed E-state index contributed by atoms with van der Waals surface area (Å²) < 4.78 is 10.8. The fourth-order valence-electron chi connectivity index (χ4n) is 3.18. The lowest BCUT2D eigenvalue weighted by atomic mass is 10.1. The third kappa shape index (κ3) is 5.03. The molecule has 3 rings (SSSR count). The molecule has 0 atom stereocenters. The van der Waals surface area contributed by atoms with Gasteiger partial charge in [0, 0.05) is 26.2 Å². The van der Waals surface area contributed by atoms with Crippen LogP contribution in [0.5, 0.6) is 11.5 Å². The molecule has 1 fully saturated rings. The number of hydrogen-bond donors (Lipinski definition) is 0. The van der Waals surface area contributed by atoms with E-state index in [1.807, 2.05) is 60.4 Å². The summed E-state index contributed by atoms with van der Waals surface area (Å²) in [4.78, 5) is 28.5. The van der Waals surface area contributed by atoms with E-state index in [1.165, 1.54) is 0 Å². The van der Waals surface area contributed by atoms with Crippen LogP contribution in [0.25, 0.3) is 0 Å². The Morgan fingerprint density at radius 1 is 0.893 bits per heavy atom. The van der Waals surface area contributed by atoms with Crippen molar-refractivity contribution in [3.8, 4) is 11.5 Å². The van der Waals surface area contributed by atoms with Crippen LogP contribution in [0.3, 0.4) is 0 Å². The van der Waals surface area contributed by atoms with Crippen LogP contribution in [-0.4, -0.2) is 61.5 Å². The average Bonchev–Trinajstić information content (AvgIpc) is 2.73. The fourth-order valence-corrected chi connectivity index (χ4v) is 3.18. The molecule has 2 amide bonds. The van der Waals surface area contributed by atoms with Gasteiger partial charge in [-0.05, 0) is 36.2 Å². The molecule has 1 saturated heterocycles. The van der Waals surface area contributed by atoms with Crippen molar-refractivity contribution in [3.63, 3.8) is 0 Å². The molecule has 0 aromatic heterocycles. The van der Waals surface area contributed by atoms with E-state index in [-0.39, 0.29) is 18.4 Å². The molecule has 0 bridgehead atoms. The third-order valence-corrected chi connectivity index (χ3v) is 4.94. The zero-order valence-corrected chi connectivity index (χ0v) is 16.4. The molecule has 0 radical (unpaired) electrons. The first-order valence-electron chi connectivity index (χ1n) is 9.43. The smallest absolute Gasteiger partial charge is 0.260 e. The Kier molecular flexibility index (Phi) is 6.53. The lowest BCUT2D eigenvalue weighted by molar-refractivity contribution is -0.140. The first kappa shape index (κ1) is 19.7. The Morgan fingerprint density at radius 2 is 1.50 bits per heavy atom. The Labute approximate surface area is 165 Å². The first-order valence-corrected chi connectivity index (χ1v) is 9.43. The van der Waals surface area contributed by atoms with E-state index in [2.05, 4.69) is 0 Å². The highest BCUT2D eigenvalue weighted by Gasteiger charge is 2.24. The van der Waals surface area contributed by atoms with Gasteiger partial charge in [0.05, 0.1) is 13.5 Å². The van der Waals surface area contributed by atoms with Crippen molar-refractivity contribution in [2.45, 2.75) is 13.3 Å². The third-order valence-electron chi connectivity index (χ3n) is 4.94. The molecule has 1 aliphatic rings. The van der Waals surface area contributed by atoms with Gasteiger partial charge >= 0.3 is 0 Å².